The molecule has 0 saturated carbocycles. The first-order valence-corrected chi connectivity index (χ1v) is 10.6. The van der Waals surface area contributed by atoms with E-state index in [4.69, 9.17) is 14.2 Å². The van der Waals surface area contributed by atoms with Crippen LogP contribution < -0.4 is 10.1 Å². The number of carbonyl (C=O) groups is 2. The molecule has 0 spiro atoms. The van der Waals surface area contributed by atoms with Crippen molar-refractivity contribution in [2.75, 3.05) is 13.7 Å². The fourth-order valence-electron chi connectivity index (χ4n) is 2.99. The van der Waals surface area contributed by atoms with Gasteiger partial charge in [0.1, 0.15) is 23.5 Å². The van der Waals surface area contributed by atoms with Crippen LogP contribution in [0.4, 0.5) is 4.79 Å². The quantitative estimate of drug-likeness (QED) is 0.433. The van der Waals surface area contributed by atoms with Crippen LogP contribution in [0.1, 0.15) is 42.4 Å². The van der Waals surface area contributed by atoms with Crippen molar-refractivity contribution in [1.29, 1.82) is 0 Å². The summed E-state index contributed by atoms with van der Waals surface area (Å²) in [6.45, 7) is 5.62. The highest BCUT2D eigenvalue weighted by Gasteiger charge is 2.19. The molecule has 0 radical (unpaired) electrons. The molecular formula is C26H26N2O6. The molecule has 8 heteroatoms. The van der Waals surface area contributed by atoms with E-state index in [1.807, 2.05) is 30.3 Å². The zero-order valence-electron chi connectivity index (χ0n) is 19.5. The number of fused-ring (bicyclic) bond motifs is 1. The second-order valence-corrected chi connectivity index (χ2v) is 8.29. The maximum absolute atomic E-state index is 12.1. The molecule has 0 saturated heterocycles. The number of carbonyl (C=O) groups excluding carboxylic acids is 2. The number of rotatable bonds is 5. The number of benzene rings is 2. The molecule has 8 nitrogen and oxygen atoms in total. The minimum absolute atomic E-state index is 0.0570. The summed E-state index contributed by atoms with van der Waals surface area (Å²) in [5, 5.41) is 13.3. The van der Waals surface area contributed by atoms with Crippen molar-refractivity contribution >= 4 is 23.0 Å². The average molecular weight is 463 g/mol. The van der Waals surface area contributed by atoms with Gasteiger partial charge >= 0.3 is 12.1 Å². The predicted molar refractivity (Wildman–Crippen MR) is 127 cm³/mol. The van der Waals surface area contributed by atoms with E-state index < -0.39 is 17.7 Å². The summed E-state index contributed by atoms with van der Waals surface area (Å²) in [7, 11) is 1.21. The van der Waals surface area contributed by atoms with E-state index in [1.54, 1.807) is 32.9 Å². The first-order chi connectivity index (χ1) is 16.2. The van der Waals surface area contributed by atoms with Gasteiger partial charge < -0.3 is 24.6 Å². The lowest BCUT2D eigenvalue weighted by Gasteiger charge is -2.19. The Kier molecular flexibility index (Phi) is 7.59. The SMILES string of the molecule is COC(=O)c1nc2c(OCc3ccccc3)c(C#CCNC(=O)OC(C)(C)C)ccc2cc1O. The Morgan fingerprint density at radius 1 is 1.12 bits per heavy atom. The number of esters is 1. The van der Waals surface area contributed by atoms with Gasteiger partial charge in [0.2, 0.25) is 0 Å². The van der Waals surface area contributed by atoms with Crippen LogP contribution in [0.3, 0.4) is 0 Å². The number of alkyl carbamates (subject to hydrolysis) is 1. The van der Waals surface area contributed by atoms with Crippen LogP contribution >= 0.6 is 0 Å². The standard InChI is InChI=1S/C26H26N2O6/c1-26(2,3)34-25(31)27-14-8-11-18-12-13-19-15-20(29)22(24(30)32-4)28-21(19)23(18)33-16-17-9-6-5-7-10-17/h5-7,9-10,12-13,15,29H,14,16H2,1-4H3,(H,27,31). The third-order valence-electron chi connectivity index (χ3n) is 4.47. The minimum atomic E-state index is -0.772. The van der Waals surface area contributed by atoms with Crippen LogP contribution in [0.15, 0.2) is 48.5 Å². The molecule has 0 aliphatic carbocycles. The number of hydrogen-bond donors (Lipinski definition) is 2. The van der Waals surface area contributed by atoms with Gasteiger partial charge in [0.25, 0.3) is 0 Å². The summed E-state index contributed by atoms with van der Waals surface area (Å²) in [6, 6.07) is 14.4. The summed E-state index contributed by atoms with van der Waals surface area (Å²) in [5.41, 5.74) is 0.945. The van der Waals surface area contributed by atoms with Crippen LogP contribution in [0, 0.1) is 11.8 Å². The summed E-state index contributed by atoms with van der Waals surface area (Å²) in [4.78, 5) is 28.2. The molecule has 2 N–H and O–H groups in total. The molecule has 1 heterocycles. The molecule has 176 valence electrons. The maximum Gasteiger partial charge on any atom is 0.408 e. The molecule has 3 aromatic rings. The maximum atomic E-state index is 12.1. The lowest BCUT2D eigenvalue weighted by atomic mass is 10.1. The van der Waals surface area contributed by atoms with Crippen molar-refractivity contribution in [2.45, 2.75) is 33.0 Å². The Morgan fingerprint density at radius 2 is 1.85 bits per heavy atom. The summed E-state index contributed by atoms with van der Waals surface area (Å²) in [5.74, 6) is 5.12. The molecule has 0 aliphatic heterocycles. The fourth-order valence-corrected chi connectivity index (χ4v) is 2.99. The van der Waals surface area contributed by atoms with E-state index in [-0.39, 0.29) is 24.6 Å². The predicted octanol–water partition coefficient (Wildman–Crippen LogP) is 4.18. The van der Waals surface area contributed by atoms with Gasteiger partial charge in [-0.1, -0.05) is 48.2 Å². The van der Waals surface area contributed by atoms with Gasteiger partial charge in [-0.15, -0.1) is 0 Å². The number of hydrogen-bond acceptors (Lipinski definition) is 7. The Labute approximate surface area is 197 Å². The van der Waals surface area contributed by atoms with Crippen molar-refractivity contribution in [3.63, 3.8) is 0 Å². The van der Waals surface area contributed by atoms with Crippen molar-refractivity contribution < 1.29 is 28.9 Å². The van der Waals surface area contributed by atoms with Crippen molar-refractivity contribution in [2.24, 2.45) is 0 Å². The molecule has 0 bridgehead atoms. The molecule has 0 unspecified atom stereocenters. The van der Waals surface area contributed by atoms with Crippen LogP contribution in [-0.2, 0) is 16.1 Å². The molecule has 0 atom stereocenters. The number of methoxy groups -OCH3 is 1. The van der Waals surface area contributed by atoms with Gasteiger partial charge in [-0.25, -0.2) is 14.6 Å². The monoisotopic (exact) mass is 462 g/mol. The lowest BCUT2D eigenvalue weighted by Crippen LogP contribution is -2.32. The summed E-state index contributed by atoms with van der Waals surface area (Å²) < 4.78 is 16.0. The highest BCUT2D eigenvalue weighted by molar-refractivity contribution is 5.96. The first kappa shape index (κ1) is 24.4. The number of ether oxygens (including phenoxy) is 3. The zero-order chi connectivity index (χ0) is 24.7. The molecule has 1 aromatic heterocycles. The number of aromatic hydroxyl groups is 1. The third-order valence-corrected chi connectivity index (χ3v) is 4.47. The molecule has 2 aromatic carbocycles. The molecule has 1 amide bonds. The Bertz CT molecular complexity index is 1250. The van der Waals surface area contributed by atoms with E-state index in [2.05, 4.69) is 22.1 Å². The molecule has 3 rings (SSSR count). The Morgan fingerprint density at radius 3 is 2.53 bits per heavy atom. The highest BCUT2D eigenvalue weighted by Crippen LogP contribution is 2.32. The minimum Gasteiger partial charge on any atom is -0.505 e. The molecule has 0 aliphatic rings. The zero-order valence-corrected chi connectivity index (χ0v) is 19.5. The van der Waals surface area contributed by atoms with Crippen molar-refractivity contribution in [3.05, 3.63) is 65.4 Å². The van der Waals surface area contributed by atoms with Gasteiger partial charge in [-0.05, 0) is 38.5 Å². The summed E-state index contributed by atoms with van der Waals surface area (Å²) in [6.07, 6.45) is -0.569. The van der Waals surface area contributed by atoms with E-state index in [9.17, 15) is 14.7 Å². The van der Waals surface area contributed by atoms with Crippen LogP contribution in [0.2, 0.25) is 0 Å². The average Bonchev–Trinajstić information content (AvgIpc) is 2.79. The number of nitrogens with zero attached hydrogens (tertiary/aromatic N) is 1. The third kappa shape index (κ3) is 6.39. The number of amides is 1. The second kappa shape index (κ2) is 10.6. The first-order valence-electron chi connectivity index (χ1n) is 10.6. The van der Waals surface area contributed by atoms with Crippen molar-refractivity contribution in [3.8, 4) is 23.3 Å². The van der Waals surface area contributed by atoms with Gasteiger partial charge in [-0.3, -0.25) is 0 Å². The lowest BCUT2D eigenvalue weighted by molar-refractivity contribution is 0.0533. The summed E-state index contributed by atoms with van der Waals surface area (Å²) >= 11 is 0. The molecule has 34 heavy (non-hydrogen) atoms. The van der Waals surface area contributed by atoms with E-state index >= 15 is 0 Å². The largest absolute Gasteiger partial charge is 0.505 e. The van der Waals surface area contributed by atoms with E-state index in [0.717, 1.165) is 5.56 Å². The van der Waals surface area contributed by atoms with Crippen LogP contribution in [0.5, 0.6) is 11.5 Å². The van der Waals surface area contributed by atoms with E-state index in [0.29, 0.717) is 22.2 Å². The normalized spacial score (nSPS) is 10.7. The highest BCUT2D eigenvalue weighted by atomic mass is 16.6. The smallest absolute Gasteiger partial charge is 0.408 e. The van der Waals surface area contributed by atoms with Gasteiger partial charge in [0, 0.05) is 5.39 Å². The number of nitrogens with one attached hydrogen (secondary N) is 1. The molecular weight excluding hydrogens is 436 g/mol. The van der Waals surface area contributed by atoms with Crippen LogP contribution in [-0.4, -0.2) is 41.4 Å². The van der Waals surface area contributed by atoms with Gasteiger partial charge in [-0.2, -0.15) is 0 Å². The Balaban J connectivity index is 1.95. The second-order valence-electron chi connectivity index (χ2n) is 8.29. The van der Waals surface area contributed by atoms with Crippen LogP contribution in [0.25, 0.3) is 10.9 Å². The Hall–Kier alpha value is -4.25. The van der Waals surface area contributed by atoms with Crippen molar-refractivity contribution in [1.82, 2.24) is 10.3 Å². The fraction of sp³-hybridized carbons (Fsp3) is 0.269. The number of aromatic nitrogens is 1. The topological polar surface area (TPSA) is 107 Å². The van der Waals surface area contributed by atoms with Gasteiger partial charge in [0.05, 0.1) is 19.2 Å². The number of pyridine rings is 1. The van der Waals surface area contributed by atoms with E-state index in [1.165, 1.54) is 13.2 Å². The van der Waals surface area contributed by atoms with Gasteiger partial charge in [0.15, 0.2) is 11.4 Å². The molecule has 0 fully saturated rings.